The molecule has 1 amide bonds. The second-order valence-electron chi connectivity index (χ2n) is 6.27. The van der Waals surface area contributed by atoms with E-state index in [0.29, 0.717) is 11.8 Å². The predicted octanol–water partition coefficient (Wildman–Crippen LogP) is 3.53. The molecule has 0 aliphatic heterocycles. The van der Waals surface area contributed by atoms with Crippen LogP contribution in [0.4, 0.5) is 0 Å². The molecule has 0 saturated heterocycles. The van der Waals surface area contributed by atoms with Crippen LogP contribution in [0.5, 0.6) is 0 Å². The molecule has 2 bridgehead atoms. The Hall–Kier alpha value is -0.960. The Balaban J connectivity index is 1.40. The lowest BCUT2D eigenvalue weighted by Crippen LogP contribution is -2.39. The molecular weight excluding hydrogens is 266 g/mol. The van der Waals surface area contributed by atoms with Gasteiger partial charge in [0, 0.05) is 11.8 Å². The van der Waals surface area contributed by atoms with Crippen molar-refractivity contribution in [1.29, 1.82) is 0 Å². The summed E-state index contributed by atoms with van der Waals surface area (Å²) in [6.45, 7) is 2.13. The number of carbonyl (C=O) groups excluding carboxylic acids is 1. The third-order valence-electron chi connectivity index (χ3n) is 4.84. The average molecular weight is 289 g/mol. The number of benzene rings is 1. The average Bonchev–Trinajstić information content (AvgIpc) is 3.03. The molecule has 3 atom stereocenters. The highest BCUT2D eigenvalue weighted by molar-refractivity contribution is 7.99. The number of hydrogen-bond donors (Lipinski definition) is 1. The standard InChI is InChI=1S/C17H23NOS/c1-12-4-2-3-5-15(12)10-20-11-17(19)18-16-9-13-6-7-14(16)8-13/h2-5,13-14,16H,6-11H2,1H3,(H,18,19)/t13-,14-,16-/m0/s1. The van der Waals surface area contributed by atoms with Crippen molar-refractivity contribution >= 4 is 17.7 Å². The maximum atomic E-state index is 12.0. The molecule has 2 nitrogen and oxygen atoms in total. The van der Waals surface area contributed by atoms with Crippen molar-refractivity contribution in [3.05, 3.63) is 35.4 Å². The lowest BCUT2D eigenvalue weighted by atomic mass is 9.95. The first-order valence-corrected chi connectivity index (χ1v) is 8.79. The summed E-state index contributed by atoms with van der Waals surface area (Å²) in [6, 6.07) is 8.88. The van der Waals surface area contributed by atoms with Crippen LogP contribution in [0, 0.1) is 18.8 Å². The monoisotopic (exact) mass is 289 g/mol. The molecule has 2 aliphatic carbocycles. The van der Waals surface area contributed by atoms with Gasteiger partial charge < -0.3 is 5.32 Å². The quantitative estimate of drug-likeness (QED) is 0.898. The van der Waals surface area contributed by atoms with Crippen molar-refractivity contribution in [3.8, 4) is 0 Å². The molecule has 3 rings (SSSR count). The minimum atomic E-state index is 0.223. The number of fused-ring (bicyclic) bond motifs is 2. The van der Waals surface area contributed by atoms with Gasteiger partial charge in [-0.3, -0.25) is 4.79 Å². The van der Waals surface area contributed by atoms with E-state index in [-0.39, 0.29) is 5.91 Å². The third-order valence-corrected chi connectivity index (χ3v) is 5.82. The molecule has 3 heteroatoms. The fourth-order valence-electron chi connectivity index (χ4n) is 3.70. The van der Waals surface area contributed by atoms with Crippen LogP contribution >= 0.6 is 11.8 Å². The number of hydrogen-bond acceptors (Lipinski definition) is 2. The highest BCUT2D eigenvalue weighted by Crippen LogP contribution is 2.44. The van der Waals surface area contributed by atoms with Gasteiger partial charge in [0.1, 0.15) is 0 Å². The normalized spacial score (nSPS) is 27.8. The van der Waals surface area contributed by atoms with Crippen LogP contribution < -0.4 is 5.32 Å². The second kappa shape index (κ2) is 6.21. The van der Waals surface area contributed by atoms with Gasteiger partial charge in [-0.2, -0.15) is 0 Å². The molecule has 1 N–H and O–H groups in total. The Labute approximate surface area is 125 Å². The van der Waals surface area contributed by atoms with Gasteiger partial charge in [0.25, 0.3) is 0 Å². The maximum absolute atomic E-state index is 12.0. The van der Waals surface area contributed by atoms with Crippen LogP contribution in [-0.2, 0) is 10.5 Å². The topological polar surface area (TPSA) is 29.1 Å². The Morgan fingerprint density at radius 3 is 2.85 bits per heavy atom. The predicted molar refractivity (Wildman–Crippen MR) is 84.7 cm³/mol. The molecule has 20 heavy (non-hydrogen) atoms. The number of rotatable bonds is 5. The second-order valence-corrected chi connectivity index (χ2v) is 7.25. The number of thioether (sulfide) groups is 1. The molecule has 1 aromatic rings. The van der Waals surface area contributed by atoms with E-state index in [1.165, 1.54) is 36.8 Å². The highest BCUT2D eigenvalue weighted by atomic mass is 32.2. The highest BCUT2D eigenvalue weighted by Gasteiger charge is 2.39. The summed E-state index contributed by atoms with van der Waals surface area (Å²) >= 11 is 1.72. The van der Waals surface area contributed by atoms with Crippen molar-refractivity contribution in [2.45, 2.75) is 44.4 Å². The fourth-order valence-corrected chi connectivity index (χ4v) is 4.61. The van der Waals surface area contributed by atoms with E-state index >= 15 is 0 Å². The molecule has 2 saturated carbocycles. The van der Waals surface area contributed by atoms with E-state index in [4.69, 9.17) is 0 Å². The van der Waals surface area contributed by atoms with Crippen LogP contribution in [-0.4, -0.2) is 17.7 Å². The summed E-state index contributed by atoms with van der Waals surface area (Å²) in [6.07, 6.45) is 5.28. The number of nitrogens with one attached hydrogen (secondary N) is 1. The zero-order chi connectivity index (χ0) is 13.9. The zero-order valence-corrected chi connectivity index (χ0v) is 12.9. The Morgan fingerprint density at radius 1 is 1.30 bits per heavy atom. The molecule has 0 unspecified atom stereocenters. The summed E-state index contributed by atoms with van der Waals surface area (Å²) in [5.74, 6) is 3.40. The Kier molecular flexibility index (Phi) is 4.35. The van der Waals surface area contributed by atoms with Gasteiger partial charge in [0.2, 0.25) is 5.91 Å². The van der Waals surface area contributed by atoms with E-state index < -0.39 is 0 Å². The van der Waals surface area contributed by atoms with Crippen LogP contribution in [0.25, 0.3) is 0 Å². The molecule has 0 radical (unpaired) electrons. The van der Waals surface area contributed by atoms with Crippen molar-refractivity contribution in [3.63, 3.8) is 0 Å². The van der Waals surface area contributed by atoms with Crippen LogP contribution in [0.15, 0.2) is 24.3 Å². The SMILES string of the molecule is Cc1ccccc1CSCC(=O)N[C@H]1C[C@H]2CC[C@H]1C2. The first-order valence-electron chi connectivity index (χ1n) is 7.64. The summed E-state index contributed by atoms with van der Waals surface area (Å²) in [5.41, 5.74) is 2.65. The van der Waals surface area contributed by atoms with Crippen LogP contribution in [0.3, 0.4) is 0 Å². The summed E-state index contributed by atoms with van der Waals surface area (Å²) in [7, 11) is 0. The summed E-state index contributed by atoms with van der Waals surface area (Å²) in [5, 5.41) is 3.25. The van der Waals surface area contributed by atoms with Gasteiger partial charge in [0.05, 0.1) is 5.75 Å². The van der Waals surface area contributed by atoms with Crippen LogP contribution in [0.1, 0.15) is 36.8 Å². The zero-order valence-electron chi connectivity index (χ0n) is 12.1. The Morgan fingerprint density at radius 2 is 2.15 bits per heavy atom. The lowest BCUT2D eigenvalue weighted by Gasteiger charge is -2.22. The minimum Gasteiger partial charge on any atom is -0.352 e. The fraction of sp³-hybridized carbons (Fsp3) is 0.588. The lowest BCUT2D eigenvalue weighted by molar-refractivity contribution is -0.119. The van der Waals surface area contributed by atoms with Crippen molar-refractivity contribution in [2.24, 2.45) is 11.8 Å². The number of carbonyl (C=O) groups is 1. The largest absolute Gasteiger partial charge is 0.352 e. The van der Waals surface area contributed by atoms with Gasteiger partial charge >= 0.3 is 0 Å². The van der Waals surface area contributed by atoms with Crippen molar-refractivity contribution < 1.29 is 4.79 Å². The van der Waals surface area contributed by atoms with Crippen molar-refractivity contribution in [2.75, 3.05) is 5.75 Å². The molecule has 0 heterocycles. The maximum Gasteiger partial charge on any atom is 0.230 e. The van der Waals surface area contributed by atoms with E-state index in [2.05, 4.69) is 36.5 Å². The summed E-state index contributed by atoms with van der Waals surface area (Å²) < 4.78 is 0. The van der Waals surface area contributed by atoms with Gasteiger partial charge in [0.15, 0.2) is 0 Å². The molecule has 0 aromatic heterocycles. The smallest absolute Gasteiger partial charge is 0.230 e. The summed E-state index contributed by atoms with van der Waals surface area (Å²) in [4.78, 5) is 12.0. The van der Waals surface area contributed by atoms with E-state index in [9.17, 15) is 4.79 Å². The first-order chi connectivity index (χ1) is 9.72. The molecule has 2 aliphatic rings. The minimum absolute atomic E-state index is 0.223. The third kappa shape index (κ3) is 3.20. The molecule has 1 aromatic carbocycles. The van der Waals surface area contributed by atoms with Gasteiger partial charge in [-0.05, 0) is 49.1 Å². The van der Waals surface area contributed by atoms with E-state index in [1.807, 2.05) is 0 Å². The number of amides is 1. The number of aryl methyl sites for hydroxylation is 1. The molecule has 0 spiro atoms. The molecule has 2 fully saturated rings. The van der Waals surface area contributed by atoms with Crippen molar-refractivity contribution in [1.82, 2.24) is 5.32 Å². The molecule has 108 valence electrons. The van der Waals surface area contributed by atoms with E-state index in [1.54, 1.807) is 11.8 Å². The molecular formula is C17H23NOS. The van der Waals surface area contributed by atoms with Gasteiger partial charge in [-0.25, -0.2) is 0 Å². The Bertz CT molecular complexity index is 488. The first kappa shape index (κ1) is 14.0. The van der Waals surface area contributed by atoms with E-state index in [0.717, 1.165) is 17.6 Å². The van der Waals surface area contributed by atoms with Crippen LogP contribution in [0.2, 0.25) is 0 Å². The van der Waals surface area contributed by atoms with Gasteiger partial charge in [-0.15, -0.1) is 11.8 Å². The van der Waals surface area contributed by atoms with Gasteiger partial charge in [-0.1, -0.05) is 30.7 Å².